The predicted molar refractivity (Wildman–Crippen MR) is 104 cm³/mol. The topological polar surface area (TPSA) is 69.9 Å². The van der Waals surface area contributed by atoms with Crippen LogP contribution in [0.1, 0.15) is 22.3 Å². The van der Waals surface area contributed by atoms with Crippen molar-refractivity contribution in [3.63, 3.8) is 0 Å². The Bertz CT molecular complexity index is 1050. The number of amides is 1. The van der Waals surface area contributed by atoms with Gasteiger partial charge >= 0.3 is 5.97 Å². The Kier molecular flexibility index (Phi) is 5.71. The van der Waals surface area contributed by atoms with Crippen molar-refractivity contribution in [2.24, 2.45) is 4.99 Å². The molecule has 0 fully saturated rings. The maximum Gasteiger partial charge on any atom is 0.307 e. The van der Waals surface area contributed by atoms with Gasteiger partial charge in [-0.3, -0.25) is 9.59 Å². The second kappa shape index (κ2) is 8.18. The maximum absolute atomic E-state index is 12.6. The lowest BCUT2D eigenvalue weighted by molar-refractivity contribution is -0.140. The van der Waals surface area contributed by atoms with Gasteiger partial charge in [-0.2, -0.15) is 4.99 Å². The van der Waals surface area contributed by atoms with Crippen molar-refractivity contribution in [3.8, 4) is 5.75 Å². The van der Waals surface area contributed by atoms with Gasteiger partial charge in [-0.05, 0) is 31.2 Å². The summed E-state index contributed by atoms with van der Waals surface area (Å²) in [6.07, 6.45) is 0.186. The van der Waals surface area contributed by atoms with Gasteiger partial charge < -0.3 is 14.0 Å². The van der Waals surface area contributed by atoms with Crippen LogP contribution in [0.25, 0.3) is 10.2 Å². The molecule has 0 aliphatic heterocycles. The van der Waals surface area contributed by atoms with E-state index in [1.54, 1.807) is 19.2 Å². The fourth-order valence-electron chi connectivity index (χ4n) is 2.63. The van der Waals surface area contributed by atoms with Crippen molar-refractivity contribution >= 4 is 33.4 Å². The first-order valence-electron chi connectivity index (χ1n) is 8.41. The quantitative estimate of drug-likeness (QED) is 0.633. The second-order valence-corrected chi connectivity index (χ2v) is 6.99. The molecule has 0 aliphatic rings. The van der Waals surface area contributed by atoms with Gasteiger partial charge in [0.15, 0.2) is 4.80 Å². The molecule has 0 saturated carbocycles. The van der Waals surface area contributed by atoms with Crippen molar-refractivity contribution in [1.82, 2.24) is 4.57 Å². The molecule has 0 aliphatic carbocycles. The number of ether oxygens (including phenoxy) is 2. The van der Waals surface area contributed by atoms with E-state index >= 15 is 0 Å². The molecule has 6 nitrogen and oxygen atoms in total. The molecule has 0 bridgehead atoms. The summed E-state index contributed by atoms with van der Waals surface area (Å²) < 4.78 is 12.8. The lowest BCUT2D eigenvalue weighted by Gasteiger charge is -2.06. The summed E-state index contributed by atoms with van der Waals surface area (Å²) in [5.41, 5.74) is 2.46. The van der Waals surface area contributed by atoms with E-state index in [0.717, 1.165) is 15.8 Å². The van der Waals surface area contributed by atoms with E-state index in [4.69, 9.17) is 9.47 Å². The molecule has 2 aromatic carbocycles. The summed E-state index contributed by atoms with van der Waals surface area (Å²) in [7, 11) is 2.95. The van der Waals surface area contributed by atoms with E-state index in [-0.39, 0.29) is 18.3 Å². The summed E-state index contributed by atoms with van der Waals surface area (Å²) in [6, 6.07) is 12.9. The highest BCUT2D eigenvalue weighted by Gasteiger charge is 2.12. The number of carbonyl (C=O) groups is 2. The van der Waals surface area contributed by atoms with E-state index in [0.29, 0.717) is 22.7 Å². The fourth-order valence-corrected chi connectivity index (χ4v) is 3.66. The lowest BCUT2D eigenvalue weighted by Crippen LogP contribution is -2.19. The molecule has 0 saturated heterocycles. The third kappa shape index (κ3) is 4.25. The molecule has 0 atom stereocenters. The van der Waals surface area contributed by atoms with Crippen LogP contribution in [0.4, 0.5) is 0 Å². The highest BCUT2D eigenvalue weighted by Crippen LogP contribution is 2.23. The molecule has 0 N–H and O–H groups in total. The van der Waals surface area contributed by atoms with Crippen molar-refractivity contribution < 1.29 is 19.1 Å². The molecule has 0 unspecified atom stereocenters. The van der Waals surface area contributed by atoms with Gasteiger partial charge in [-0.1, -0.05) is 29.0 Å². The van der Waals surface area contributed by atoms with Gasteiger partial charge in [0.25, 0.3) is 5.91 Å². The predicted octanol–water partition coefficient (Wildman–Crippen LogP) is 3.32. The molecule has 1 amide bonds. The molecule has 0 spiro atoms. The highest BCUT2D eigenvalue weighted by molar-refractivity contribution is 7.16. The average Bonchev–Trinajstić information content (AvgIpc) is 3.02. The third-order valence-electron chi connectivity index (χ3n) is 4.15. The number of rotatable bonds is 5. The second-order valence-electron chi connectivity index (χ2n) is 5.98. The van der Waals surface area contributed by atoms with E-state index in [9.17, 15) is 9.59 Å². The molecule has 0 radical (unpaired) electrons. The van der Waals surface area contributed by atoms with Crippen LogP contribution < -0.4 is 9.54 Å². The molecule has 7 heteroatoms. The number of thiazole rings is 1. The van der Waals surface area contributed by atoms with E-state index < -0.39 is 0 Å². The van der Waals surface area contributed by atoms with E-state index in [1.165, 1.54) is 18.4 Å². The van der Waals surface area contributed by atoms with Gasteiger partial charge in [0.2, 0.25) is 0 Å². The molecule has 27 heavy (non-hydrogen) atoms. The molecule has 140 valence electrons. The summed E-state index contributed by atoms with van der Waals surface area (Å²) in [5.74, 6) is 0.0597. The highest BCUT2D eigenvalue weighted by atomic mass is 32.1. The maximum atomic E-state index is 12.6. The van der Waals surface area contributed by atoms with Gasteiger partial charge in [0.05, 0.1) is 30.9 Å². The van der Waals surface area contributed by atoms with Crippen molar-refractivity contribution in [2.75, 3.05) is 14.2 Å². The summed E-state index contributed by atoms with van der Waals surface area (Å²) in [4.78, 5) is 29.0. The number of hydrogen-bond donors (Lipinski definition) is 0. The van der Waals surface area contributed by atoms with Crippen LogP contribution in [0.5, 0.6) is 5.75 Å². The first kappa shape index (κ1) is 18.8. The Balaban J connectivity index is 2.08. The minimum absolute atomic E-state index is 0.186. The zero-order valence-corrected chi connectivity index (χ0v) is 16.2. The lowest BCUT2D eigenvalue weighted by atomic mass is 10.1. The molecule has 3 rings (SSSR count). The van der Waals surface area contributed by atoms with Gasteiger partial charge in [-0.15, -0.1) is 0 Å². The summed E-state index contributed by atoms with van der Waals surface area (Å²) in [5, 5.41) is 0. The van der Waals surface area contributed by atoms with Crippen molar-refractivity contribution in [1.29, 1.82) is 0 Å². The first-order chi connectivity index (χ1) is 13.0. The Hall–Kier alpha value is -2.93. The van der Waals surface area contributed by atoms with E-state index in [2.05, 4.69) is 4.99 Å². The van der Waals surface area contributed by atoms with Crippen LogP contribution in [-0.4, -0.2) is 30.7 Å². The fraction of sp³-hybridized carbons (Fsp3) is 0.250. The average molecular weight is 384 g/mol. The number of hydrogen-bond acceptors (Lipinski definition) is 5. The largest absolute Gasteiger partial charge is 0.497 e. The molecular weight excluding hydrogens is 364 g/mol. The van der Waals surface area contributed by atoms with Crippen LogP contribution in [0.15, 0.2) is 47.5 Å². The molecule has 1 heterocycles. The first-order valence-corrected chi connectivity index (χ1v) is 9.23. The third-order valence-corrected chi connectivity index (χ3v) is 5.21. The SMILES string of the molecule is COC(=O)CCn1c(=NC(=O)c2ccc(C)cc2)sc2ccc(OC)cc21. The van der Waals surface area contributed by atoms with Crippen molar-refractivity contribution in [3.05, 3.63) is 58.4 Å². The summed E-state index contributed by atoms with van der Waals surface area (Å²) in [6.45, 7) is 2.32. The number of fused-ring (bicyclic) bond motifs is 1. The van der Waals surface area contributed by atoms with E-state index in [1.807, 2.05) is 41.8 Å². The van der Waals surface area contributed by atoms with Crippen LogP contribution in [0.2, 0.25) is 0 Å². The minimum atomic E-state index is -0.319. The number of benzene rings is 2. The van der Waals surface area contributed by atoms with Crippen LogP contribution in [0.3, 0.4) is 0 Å². The van der Waals surface area contributed by atoms with Crippen LogP contribution in [0, 0.1) is 6.92 Å². The number of carbonyl (C=O) groups excluding carboxylic acids is 2. The van der Waals surface area contributed by atoms with Gasteiger partial charge in [-0.25, -0.2) is 0 Å². The van der Waals surface area contributed by atoms with Crippen molar-refractivity contribution in [2.45, 2.75) is 19.9 Å². The Morgan fingerprint density at radius 2 is 1.85 bits per heavy atom. The Morgan fingerprint density at radius 3 is 2.52 bits per heavy atom. The zero-order chi connectivity index (χ0) is 19.4. The number of esters is 1. The normalized spacial score (nSPS) is 11.6. The minimum Gasteiger partial charge on any atom is -0.497 e. The standard InChI is InChI=1S/C20H20N2O4S/c1-13-4-6-14(7-5-13)19(24)21-20-22(11-10-18(23)26-3)16-12-15(25-2)8-9-17(16)27-20/h4-9,12H,10-11H2,1-3H3. The van der Waals surface area contributed by atoms with Crippen LogP contribution in [-0.2, 0) is 16.1 Å². The molecule has 1 aromatic heterocycles. The number of aryl methyl sites for hydroxylation is 2. The smallest absolute Gasteiger partial charge is 0.307 e. The van der Waals surface area contributed by atoms with Gasteiger partial charge in [0, 0.05) is 18.2 Å². The van der Waals surface area contributed by atoms with Gasteiger partial charge in [0.1, 0.15) is 5.75 Å². The Labute approximate surface area is 160 Å². The number of methoxy groups -OCH3 is 2. The van der Waals surface area contributed by atoms with Crippen LogP contribution >= 0.6 is 11.3 Å². The monoisotopic (exact) mass is 384 g/mol. The molecule has 3 aromatic rings. The molecular formula is C20H20N2O4S. The number of aromatic nitrogens is 1. The number of nitrogens with zero attached hydrogens (tertiary/aromatic N) is 2. The zero-order valence-electron chi connectivity index (χ0n) is 15.4. The Morgan fingerprint density at radius 1 is 1.11 bits per heavy atom. The summed E-state index contributed by atoms with van der Waals surface area (Å²) >= 11 is 1.40.